The van der Waals surface area contributed by atoms with E-state index in [2.05, 4.69) is 12.2 Å². The summed E-state index contributed by atoms with van der Waals surface area (Å²) in [5.41, 5.74) is -0.121. The Balaban J connectivity index is 1.71. The van der Waals surface area contributed by atoms with Gasteiger partial charge in [-0.15, -0.1) is 0 Å². The smallest absolute Gasteiger partial charge is 0.311 e. The predicted molar refractivity (Wildman–Crippen MR) is 54.8 cm³/mol. The van der Waals surface area contributed by atoms with Crippen LogP contribution in [0.4, 0.5) is 0 Å². The van der Waals surface area contributed by atoms with E-state index < -0.39 is 0 Å². The van der Waals surface area contributed by atoms with Crippen LogP contribution in [0.5, 0.6) is 0 Å². The molecular formula is C12H18O2. The first-order chi connectivity index (χ1) is 6.71. The second kappa shape index (κ2) is 3.76. The molecule has 2 aliphatic rings. The molecule has 0 aromatic heterocycles. The summed E-state index contributed by atoms with van der Waals surface area (Å²) in [6.45, 7) is 2.62. The van der Waals surface area contributed by atoms with Gasteiger partial charge in [0.15, 0.2) is 0 Å². The molecule has 1 unspecified atom stereocenters. The van der Waals surface area contributed by atoms with Crippen molar-refractivity contribution in [2.75, 3.05) is 6.61 Å². The van der Waals surface area contributed by atoms with Crippen LogP contribution in [-0.4, -0.2) is 12.6 Å². The lowest BCUT2D eigenvalue weighted by Gasteiger charge is -2.18. The van der Waals surface area contributed by atoms with Crippen molar-refractivity contribution in [2.24, 2.45) is 11.3 Å². The van der Waals surface area contributed by atoms with E-state index in [9.17, 15) is 4.79 Å². The summed E-state index contributed by atoms with van der Waals surface area (Å²) >= 11 is 0. The minimum absolute atomic E-state index is 0.0204. The van der Waals surface area contributed by atoms with Crippen molar-refractivity contribution in [1.82, 2.24) is 0 Å². The zero-order valence-corrected chi connectivity index (χ0v) is 8.79. The van der Waals surface area contributed by atoms with Crippen LogP contribution < -0.4 is 0 Å². The normalized spacial score (nSPS) is 28.5. The number of allylic oxidation sites excluding steroid dienone is 2. The highest BCUT2D eigenvalue weighted by atomic mass is 16.5. The van der Waals surface area contributed by atoms with Crippen molar-refractivity contribution in [3.05, 3.63) is 12.2 Å². The van der Waals surface area contributed by atoms with Crippen LogP contribution in [0, 0.1) is 11.3 Å². The Morgan fingerprint density at radius 2 is 2.29 bits per heavy atom. The Bertz CT molecular complexity index is 251. The van der Waals surface area contributed by atoms with Crippen molar-refractivity contribution >= 4 is 5.97 Å². The number of hydrogen-bond donors (Lipinski definition) is 0. The second-order valence-electron chi connectivity index (χ2n) is 4.81. The van der Waals surface area contributed by atoms with Gasteiger partial charge in [0.05, 0.1) is 12.0 Å². The molecule has 0 bridgehead atoms. The van der Waals surface area contributed by atoms with Gasteiger partial charge in [-0.2, -0.15) is 0 Å². The molecule has 0 amide bonds. The summed E-state index contributed by atoms with van der Waals surface area (Å²) in [6, 6.07) is 0. The predicted octanol–water partition coefficient (Wildman–Crippen LogP) is 2.69. The third-order valence-electron chi connectivity index (χ3n) is 3.32. The SMILES string of the molecule is CC1(C(=O)OCC2CC=CCC2)CC1. The first-order valence-corrected chi connectivity index (χ1v) is 5.53. The monoisotopic (exact) mass is 194 g/mol. The maximum absolute atomic E-state index is 11.5. The molecule has 1 atom stereocenters. The molecule has 78 valence electrons. The van der Waals surface area contributed by atoms with Gasteiger partial charge in [-0.3, -0.25) is 4.79 Å². The molecule has 1 saturated carbocycles. The molecule has 0 N–H and O–H groups in total. The van der Waals surface area contributed by atoms with Gasteiger partial charge in [0.2, 0.25) is 0 Å². The minimum Gasteiger partial charge on any atom is -0.465 e. The molecule has 0 aromatic rings. The van der Waals surface area contributed by atoms with E-state index in [-0.39, 0.29) is 11.4 Å². The summed E-state index contributed by atoms with van der Waals surface area (Å²) in [7, 11) is 0. The topological polar surface area (TPSA) is 26.3 Å². The molecule has 0 spiro atoms. The molecular weight excluding hydrogens is 176 g/mol. The van der Waals surface area contributed by atoms with Crippen LogP contribution in [0.1, 0.15) is 39.0 Å². The van der Waals surface area contributed by atoms with Gasteiger partial charge in [0.25, 0.3) is 0 Å². The number of carbonyl (C=O) groups is 1. The fourth-order valence-electron chi connectivity index (χ4n) is 1.77. The highest BCUT2D eigenvalue weighted by Gasteiger charge is 2.46. The molecule has 0 radical (unpaired) electrons. The zero-order chi connectivity index (χ0) is 10.0. The van der Waals surface area contributed by atoms with E-state index in [1.54, 1.807) is 0 Å². The molecule has 0 aromatic carbocycles. The second-order valence-corrected chi connectivity index (χ2v) is 4.81. The maximum atomic E-state index is 11.5. The largest absolute Gasteiger partial charge is 0.465 e. The van der Waals surface area contributed by atoms with Crippen molar-refractivity contribution in [1.29, 1.82) is 0 Å². The van der Waals surface area contributed by atoms with E-state index in [1.165, 1.54) is 6.42 Å². The van der Waals surface area contributed by atoms with E-state index in [0.717, 1.165) is 25.7 Å². The minimum atomic E-state index is -0.121. The van der Waals surface area contributed by atoms with E-state index in [0.29, 0.717) is 12.5 Å². The Morgan fingerprint density at radius 1 is 1.50 bits per heavy atom. The third-order valence-corrected chi connectivity index (χ3v) is 3.32. The molecule has 0 saturated heterocycles. The molecule has 14 heavy (non-hydrogen) atoms. The summed E-state index contributed by atoms with van der Waals surface area (Å²) in [5.74, 6) is 0.582. The first kappa shape index (κ1) is 9.75. The molecule has 1 fully saturated rings. The Kier molecular flexibility index (Phi) is 2.62. The van der Waals surface area contributed by atoms with Crippen molar-refractivity contribution in [3.63, 3.8) is 0 Å². The zero-order valence-electron chi connectivity index (χ0n) is 8.79. The highest BCUT2D eigenvalue weighted by Crippen LogP contribution is 2.46. The van der Waals surface area contributed by atoms with Gasteiger partial charge >= 0.3 is 5.97 Å². The number of ether oxygens (including phenoxy) is 1. The number of esters is 1. The highest BCUT2D eigenvalue weighted by molar-refractivity contribution is 5.79. The number of carbonyl (C=O) groups excluding carboxylic acids is 1. The van der Waals surface area contributed by atoms with Gasteiger partial charge < -0.3 is 4.74 Å². The molecule has 0 aliphatic heterocycles. The van der Waals surface area contributed by atoms with Crippen molar-refractivity contribution in [3.8, 4) is 0 Å². The van der Waals surface area contributed by atoms with E-state index in [4.69, 9.17) is 4.74 Å². The fourth-order valence-corrected chi connectivity index (χ4v) is 1.77. The standard InChI is InChI=1S/C12H18O2/c1-12(7-8-12)11(13)14-9-10-5-3-2-4-6-10/h2-3,10H,4-9H2,1H3. The summed E-state index contributed by atoms with van der Waals surface area (Å²) in [4.78, 5) is 11.5. The van der Waals surface area contributed by atoms with Gasteiger partial charge in [-0.05, 0) is 44.9 Å². The lowest BCUT2D eigenvalue weighted by Crippen LogP contribution is -2.20. The van der Waals surface area contributed by atoms with E-state index in [1.807, 2.05) is 6.92 Å². The third kappa shape index (κ3) is 2.17. The quantitative estimate of drug-likeness (QED) is 0.510. The van der Waals surface area contributed by atoms with Crippen LogP contribution in [0.3, 0.4) is 0 Å². The summed E-state index contributed by atoms with van der Waals surface area (Å²) < 4.78 is 5.34. The van der Waals surface area contributed by atoms with Crippen LogP contribution in [0.2, 0.25) is 0 Å². The summed E-state index contributed by atoms with van der Waals surface area (Å²) in [6.07, 6.45) is 9.80. The average Bonchev–Trinajstić information content (AvgIpc) is 2.96. The molecule has 2 aliphatic carbocycles. The van der Waals surface area contributed by atoms with E-state index >= 15 is 0 Å². The van der Waals surface area contributed by atoms with Gasteiger partial charge in [-0.25, -0.2) is 0 Å². The first-order valence-electron chi connectivity index (χ1n) is 5.53. The lowest BCUT2D eigenvalue weighted by molar-refractivity contribution is -0.151. The Morgan fingerprint density at radius 3 is 2.86 bits per heavy atom. The number of hydrogen-bond acceptors (Lipinski definition) is 2. The lowest BCUT2D eigenvalue weighted by atomic mass is 9.95. The van der Waals surface area contributed by atoms with Crippen LogP contribution >= 0.6 is 0 Å². The molecule has 0 heterocycles. The molecule has 2 nitrogen and oxygen atoms in total. The molecule has 2 rings (SSSR count). The molecule has 2 heteroatoms. The summed E-state index contributed by atoms with van der Waals surface area (Å²) in [5, 5.41) is 0. The van der Waals surface area contributed by atoms with Crippen LogP contribution in [0.15, 0.2) is 12.2 Å². The van der Waals surface area contributed by atoms with Gasteiger partial charge in [0, 0.05) is 0 Å². The maximum Gasteiger partial charge on any atom is 0.311 e. The average molecular weight is 194 g/mol. The Hall–Kier alpha value is -0.790. The Labute approximate surface area is 85.3 Å². The van der Waals surface area contributed by atoms with Crippen molar-refractivity contribution < 1.29 is 9.53 Å². The van der Waals surface area contributed by atoms with Crippen LogP contribution in [-0.2, 0) is 9.53 Å². The van der Waals surface area contributed by atoms with Crippen molar-refractivity contribution in [2.45, 2.75) is 39.0 Å². The fraction of sp³-hybridized carbons (Fsp3) is 0.750. The van der Waals surface area contributed by atoms with Gasteiger partial charge in [0.1, 0.15) is 0 Å². The van der Waals surface area contributed by atoms with Crippen LogP contribution in [0.25, 0.3) is 0 Å². The number of rotatable bonds is 3. The van der Waals surface area contributed by atoms with Gasteiger partial charge in [-0.1, -0.05) is 12.2 Å².